The molecule has 0 saturated heterocycles. The molecule has 2 rings (SSSR count). The van der Waals surface area contributed by atoms with Crippen molar-refractivity contribution in [2.24, 2.45) is 5.73 Å². The van der Waals surface area contributed by atoms with Crippen molar-refractivity contribution in [3.8, 4) is 0 Å². The third kappa shape index (κ3) is 4.80. The fourth-order valence-corrected chi connectivity index (χ4v) is 3.09. The van der Waals surface area contributed by atoms with Crippen molar-refractivity contribution >= 4 is 27.6 Å². The summed E-state index contributed by atoms with van der Waals surface area (Å²) in [6.45, 7) is 3.18. The maximum atomic E-state index is 12.5. The van der Waals surface area contributed by atoms with Gasteiger partial charge in [-0.25, -0.2) is 13.2 Å². The molecule has 25 heavy (non-hydrogen) atoms. The van der Waals surface area contributed by atoms with Gasteiger partial charge in [-0.1, -0.05) is 18.2 Å². The molecular formula is C17H18N2O5S. The Morgan fingerprint density at radius 3 is 2.44 bits per heavy atom. The molecule has 0 heterocycles. The normalized spacial score (nSPS) is 12.2. The Morgan fingerprint density at radius 1 is 1.12 bits per heavy atom. The van der Waals surface area contributed by atoms with Crippen molar-refractivity contribution in [3.05, 3.63) is 59.7 Å². The summed E-state index contributed by atoms with van der Waals surface area (Å²) in [7, 11) is -3.88. The zero-order valence-corrected chi connectivity index (χ0v) is 14.5. The van der Waals surface area contributed by atoms with E-state index in [0.29, 0.717) is 5.69 Å². The van der Waals surface area contributed by atoms with Crippen LogP contribution in [0.1, 0.15) is 22.8 Å². The number of carbonyl (C=O) groups is 2. The fourth-order valence-electron chi connectivity index (χ4n) is 2.00. The van der Waals surface area contributed by atoms with E-state index in [2.05, 4.69) is 4.72 Å². The van der Waals surface area contributed by atoms with Crippen LogP contribution in [0.2, 0.25) is 0 Å². The number of nitrogens with two attached hydrogens (primary N) is 1. The van der Waals surface area contributed by atoms with Crippen LogP contribution in [0.5, 0.6) is 0 Å². The van der Waals surface area contributed by atoms with Gasteiger partial charge >= 0.3 is 5.97 Å². The molecule has 0 bridgehead atoms. The van der Waals surface area contributed by atoms with Crippen molar-refractivity contribution in [1.82, 2.24) is 0 Å². The quantitative estimate of drug-likeness (QED) is 0.761. The van der Waals surface area contributed by atoms with Gasteiger partial charge < -0.3 is 10.5 Å². The van der Waals surface area contributed by atoms with Crippen molar-refractivity contribution in [2.75, 3.05) is 4.72 Å². The summed E-state index contributed by atoms with van der Waals surface area (Å²) in [5.74, 6) is -1.63. The zero-order chi connectivity index (χ0) is 18.6. The second-order valence-electron chi connectivity index (χ2n) is 5.45. The second kappa shape index (κ2) is 7.35. The molecule has 2 aromatic rings. The van der Waals surface area contributed by atoms with Crippen molar-refractivity contribution < 1.29 is 22.7 Å². The number of benzene rings is 2. The van der Waals surface area contributed by atoms with E-state index in [0.717, 1.165) is 5.56 Å². The lowest BCUT2D eigenvalue weighted by atomic mass is 10.2. The van der Waals surface area contributed by atoms with E-state index in [1.807, 2.05) is 13.0 Å². The summed E-state index contributed by atoms with van der Waals surface area (Å²) in [6, 6.07) is 12.2. The predicted octanol–water partition coefficient (Wildman–Crippen LogP) is 1.83. The number of amides is 1. The minimum absolute atomic E-state index is 0.000201. The van der Waals surface area contributed by atoms with Gasteiger partial charge in [0.25, 0.3) is 15.9 Å². The minimum atomic E-state index is -3.88. The first-order valence-corrected chi connectivity index (χ1v) is 8.87. The van der Waals surface area contributed by atoms with Gasteiger partial charge in [-0.2, -0.15) is 0 Å². The van der Waals surface area contributed by atoms with Crippen LogP contribution < -0.4 is 10.5 Å². The number of hydrogen-bond acceptors (Lipinski definition) is 5. The first kappa shape index (κ1) is 18.5. The molecule has 1 amide bonds. The molecule has 132 valence electrons. The number of esters is 1. The number of aryl methyl sites for hydroxylation is 1. The summed E-state index contributed by atoms with van der Waals surface area (Å²) in [6.07, 6.45) is -1.11. The van der Waals surface area contributed by atoms with Crippen molar-refractivity contribution in [2.45, 2.75) is 24.8 Å². The van der Waals surface area contributed by atoms with Gasteiger partial charge in [-0.3, -0.25) is 9.52 Å². The van der Waals surface area contributed by atoms with Crippen LogP contribution in [0, 0.1) is 6.92 Å². The van der Waals surface area contributed by atoms with E-state index in [1.165, 1.54) is 31.2 Å². The lowest BCUT2D eigenvalue weighted by Crippen LogP contribution is -2.30. The number of nitrogens with one attached hydrogen (secondary N) is 1. The molecule has 1 unspecified atom stereocenters. The summed E-state index contributed by atoms with van der Waals surface area (Å²) in [5, 5.41) is 0. The lowest BCUT2D eigenvalue weighted by molar-refractivity contribution is -0.125. The lowest BCUT2D eigenvalue weighted by Gasteiger charge is -2.11. The summed E-state index contributed by atoms with van der Waals surface area (Å²) in [4.78, 5) is 22.9. The highest BCUT2D eigenvalue weighted by Gasteiger charge is 2.20. The van der Waals surface area contributed by atoms with Crippen LogP contribution in [0.4, 0.5) is 5.69 Å². The Hall–Kier alpha value is -2.87. The molecule has 2 aromatic carbocycles. The molecule has 0 aromatic heterocycles. The Balaban J connectivity index is 2.25. The van der Waals surface area contributed by atoms with Gasteiger partial charge in [0.1, 0.15) is 0 Å². The summed E-state index contributed by atoms with van der Waals surface area (Å²) in [5.41, 5.74) is 6.35. The molecule has 0 fully saturated rings. The van der Waals surface area contributed by atoms with Crippen LogP contribution >= 0.6 is 0 Å². The number of rotatable bonds is 6. The molecule has 0 spiro atoms. The summed E-state index contributed by atoms with van der Waals surface area (Å²) >= 11 is 0. The van der Waals surface area contributed by atoms with Crippen molar-refractivity contribution in [1.29, 1.82) is 0 Å². The van der Waals surface area contributed by atoms with Gasteiger partial charge in [0.2, 0.25) is 0 Å². The SMILES string of the molecule is Cc1cccc(NS(=O)(=O)c2cccc(C(=O)OC(C)C(N)=O)c2)c1. The van der Waals surface area contributed by atoms with Gasteiger partial charge in [0.05, 0.1) is 10.5 Å². The maximum absolute atomic E-state index is 12.5. The average molecular weight is 362 g/mol. The average Bonchev–Trinajstić information content (AvgIpc) is 2.54. The number of ether oxygens (including phenoxy) is 1. The molecule has 0 aliphatic carbocycles. The highest BCUT2D eigenvalue weighted by Crippen LogP contribution is 2.18. The molecule has 8 heteroatoms. The number of anilines is 1. The number of hydrogen-bond donors (Lipinski definition) is 2. The largest absolute Gasteiger partial charge is 0.449 e. The zero-order valence-electron chi connectivity index (χ0n) is 13.7. The van der Waals surface area contributed by atoms with E-state index >= 15 is 0 Å². The van der Waals surface area contributed by atoms with Crippen LogP contribution in [-0.2, 0) is 19.6 Å². The molecule has 0 radical (unpaired) electrons. The van der Waals surface area contributed by atoms with Gasteiger partial charge in [0.15, 0.2) is 6.10 Å². The van der Waals surface area contributed by atoms with E-state index < -0.39 is 28.0 Å². The van der Waals surface area contributed by atoms with Gasteiger partial charge in [0, 0.05) is 5.69 Å². The fraction of sp³-hybridized carbons (Fsp3) is 0.176. The first-order valence-electron chi connectivity index (χ1n) is 7.39. The first-order chi connectivity index (χ1) is 11.7. The minimum Gasteiger partial charge on any atom is -0.449 e. The third-order valence-corrected chi connectivity index (χ3v) is 4.71. The van der Waals surface area contributed by atoms with Crippen LogP contribution in [0.25, 0.3) is 0 Å². The molecule has 0 aliphatic heterocycles. The van der Waals surface area contributed by atoms with Crippen LogP contribution in [-0.4, -0.2) is 26.4 Å². The Bertz CT molecular complexity index is 909. The Labute approximate surface area is 145 Å². The molecule has 3 N–H and O–H groups in total. The van der Waals surface area contributed by atoms with Gasteiger partial charge in [-0.05, 0) is 49.7 Å². The van der Waals surface area contributed by atoms with E-state index in [9.17, 15) is 18.0 Å². The second-order valence-corrected chi connectivity index (χ2v) is 7.14. The third-order valence-electron chi connectivity index (χ3n) is 3.33. The molecular weight excluding hydrogens is 344 g/mol. The monoisotopic (exact) mass is 362 g/mol. The Morgan fingerprint density at radius 2 is 1.80 bits per heavy atom. The highest BCUT2D eigenvalue weighted by molar-refractivity contribution is 7.92. The summed E-state index contributed by atoms with van der Waals surface area (Å²) < 4.78 is 32.3. The van der Waals surface area contributed by atoms with Gasteiger partial charge in [-0.15, -0.1) is 0 Å². The molecule has 7 nitrogen and oxygen atoms in total. The molecule has 1 atom stereocenters. The van der Waals surface area contributed by atoms with Crippen LogP contribution in [0.3, 0.4) is 0 Å². The van der Waals surface area contributed by atoms with Crippen LogP contribution in [0.15, 0.2) is 53.4 Å². The smallest absolute Gasteiger partial charge is 0.338 e. The maximum Gasteiger partial charge on any atom is 0.338 e. The van der Waals surface area contributed by atoms with E-state index in [1.54, 1.807) is 18.2 Å². The Kier molecular flexibility index (Phi) is 5.43. The van der Waals surface area contributed by atoms with E-state index in [-0.39, 0.29) is 10.5 Å². The highest BCUT2D eigenvalue weighted by atomic mass is 32.2. The number of sulfonamides is 1. The topological polar surface area (TPSA) is 116 Å². The van der Waals surface area contributed by atoms with Crippen molar-refractivity contribution in [3.63, 3.8) is 0 Å². The standard InChI is InChI=1S/C17H18N2O5S/c1-11-5-3-7-14(9-11)19-25(22,23)15-8-4-6-13(10-15)17(21)24-12(2)16(18)20/h3-10,12,19H,1-2H3,(H2,18,20). The number of carbonyl (C=O) groups excluding carboxylic acids is 2. The predicted molar refractivity (Wildman–Crippen MR) is 92.5 cm³/mol. The number of primary amides is 1. The molecule has 0 aliphatic rings. The molecule has 0 saturated carbocycles. The van der Waals surface area contributed by atoms with E-state index in [4.69, 9.17) is 10.5 Å².